The molecule has 98 valence electrons. The summed E-state index contributed by atoms with van der Waals surface area (Å²) in [7, 11) is 0. The minimum atomic E-state index is -0.261. The summed E-state index contributed by atoms with van der Waals surface area (Å²) in [6.45, 7) is 5.04. The number of amides is 2. The van der Waals surface area contributed by atoms with Gasteiger partial charge in [0, 0.05) is 23.9 Å². The predicted molar refractivity (Wildman–Crippen MR) is 69.4 cm³/mol. The third kappa shape index (κ3) is 2.53. The van der Waals surface area contributed by atoms with E-state index in [1.165, 1.54) is 11.3 Å². The van der Waals surface area contributed by atoms with Crippen molar-refractivity contribution in [1.82, 2.24) is 9.88 Å². The van der Waals surface area contributed by atoms with Gasteiger partial charge in [-0.1, -0.05) is 0 Å². The van der Waals surface area contributed by atoms with Crippen molar-refractivity contribution in [2.24, 2.45) is 11.7 Å². The minimum Gasteiger partial charge on any atom is -0.369 e. The van der Waals surface area contributed by atoms with Crippen molar-refractivity contribution < 1.29 is 9.59 Å². The van der Waals surface area contributed by atoms with Gasteiger partial charge >= 0.3 is 0 Å². The van der Waals surface area contributed by atoms with E-state index in [-0.39, 0.29) is 17.7 Å². The fourth-order valence-electron chi connectivity index (χ4n) is 2.07. The SMILES string of the molecule is Cc1nc(C(=O)N2CCC(C(N)=O)CC2)sc1C. The largest absolute Gasteiger partial charge is 0.369 e. The van der Waals surface area contributed by atoms with Gasteiger partial charge in [-0.3, -0.25) is 9.59 Å². The fraction of sp³-hybridized carbons (Fsp3) is 0.583. The molecule has 2 heterocycles. The second kappa shape index (κ2) is 5.06. The van der Waals surface area contributed by atoms with Gasteiger partial charge in [-0.05, 0) is 26.7 Å². The van der Waals surface area contributed by atoms with Gasteiger partial charge < -0.3 is 10.6 Å². The summed E-state index contributed by atoms with van der Waals surface area (Å²) in [4.78, 5) is 30.4. The molecule has 0 aromatic carbocycles. The zero-order valence-corrected chi connectivity index (χ0v) is 11.4. The molecule has 18 heavy (non-hydrogen) atoms. The van der Waals surface area contributed by atoms with Crippen molar-refractivity contribution in [3.8, 4) is 0 Å². The van der Waals surface area contributed by atoms with Crippen LogP contribution in [0.25, 0.3) is 0 Å². The van der Waals surface area contributed by atoms with Gasteiger partial charge in [0.2, 0.25) is 5.91 Å². The standard InChI is InChI=1S/C12H17N3O2S/c1-7-8(2)18-11(14-7)12(17)15-5-3-9(4-6-15)10(13)16/h9H,3-6H2,1-2H3,(H2,13,16). The quantitative estimate of drug-likeness (QED) is 0.871. The number of aromatic nitrogens is 1. The first-order valence-electron chi connectivity index (χ1n) is 6.01. The van der Waals surface area contributed by atoms with Crippen LogP contribution in [0.3, 0.4) is 0 Å². The number of primary amides is 1. The van der Waals surface area contributed by atoms with E-state index in [9.17, 15) is 9.59 Å². The molecule has 0 unspecified atom stereocenters. The lowest BCUT2D eigenvalue weighted by Crippen LogP contribution is -2.41. The van der Waals surface area contributed by atoms with Crippen molar-refractivity contribution in [3.63, 3.8) is 0 Å². The molecule has 2 amide bonds. The van der Waals surface area contributed by atoms with E-state index in [0.717, 1.165) is 10.6 Å². The van der Waals surface area contributed by atoms with Crippen LogP contribution in [-0.2, 0) is 4.79 Å². The van der Waals surface area contributed by atoms with E-state index < -0.39 is 0 Å². The molecule has 0 saturated carbocycles. The highest BCUT2D eigenvalue weighted by molar-refractivity contribution is 7.13. The highest BCUT2D eigenvalue weighted by atomic mass is 32.1. The molecule has 5 nitrogen and oxygen atoms in total. The summed E-state index contributed by atoms with van der Waals surface area (Å²) in [6.07, 6.45) is 1.31. The Balaban J connectivity index is 2.01. The monoisotopic (exact) mass is 267 g/mol. The van der Waals surface area contributed by atoms with Crippen LogP contribution >= 0.6 is 11.3 Å². The Hall–Kier alpha value is -1.43. The Morgan fingerprint density at radius 2 is 1.94 bits per heavy atom. The lowest BCUT2D eigenvalue weighted by atomic mass is 9.96. The van der Waals surface area contributed by atoms with E-state index in [1.54, 1.807) is 4.90 Å². The van der Waals surface area contributed by atoms with Gasteiger partial charge in [-0.15, -0.1) is 11.3 Å². The molecule has 0 spiro atoms. The van der Waals surface area contributed by atoms with Crippen LogP contribution in [0.4, 0.5) is 0 Å². The van der Waals surface area contributed by atoms with Crippen molar-refractivity contribution in [2.75, 3.05) is 13.1 Å². The number of carbonyl (C=O) groups excluding carboxylic acids is 2. The van der Waals surface area contributed by atoms with E-state index >= 15 is 0 Å². The van der Waals surface area contributed by atoms with Crippen molar-refractivity contribution >= 4 is 23.2 Å². The van der Waals surface area contributed by atoms with Gasteiger partial charge in [0.15, 0.2) is 5.01 Å². The second-order valence-corrected chi connectivity index (χ2v) is 5.83. The zero-order chi connectivity index (χ0) is 13.3. The molecule has 1 aliphatic heterocycles. The highest BCUT2D eigenvalue weighted by Crippen LogP contribution is 2.22. The topological polar surface area (TPSA) is 76.3 Å². The smallest absolute Gasteiger partial charge is 0.282 e. The van der Waals surface area contributed by atoms with E-state index in [0.29, 0.717) is 30.9 Å². The molecule has 1 fully saturated rings. The van der Waals surface area contributed by atoms with Gasteiger partial charge in [-0.25, -0.2) is 4.98 Å². The summed E-state index contributed by atoms with van der Waals surface area (Å²) in [5.41, 5.74) is 6.18. The summed E-state index contributed by atoms with van der Waals surface area (Å²) in [5.74, 6) is -0.379. The molecule has 6 heteroatoms. The summed E-state index contributed by atoms with van der Waals surface area (Å²) < 4.78 is 0. The summed E-state index contributed by atoms with van der Waals surface area (Å²) in [5, 5.41) is 0.544. The zero-order valence-electron chi connectivity index (χ0n) is 10.6. The van der Waals surface area contributed by atoms with Crippen LogP contribution in [0.5, 0.6) is 0 Å². The Kier molecular flexibility index (Phi) is 3.65. The first-order valence-corrected chi connectivity index (χ1v) is 6.83. The summed E-state index contributed by atoms with van der Waals surface area (Å²) >= 11 is 1.43. The molecule has 0 atom stereocenters. The van der Waals surface area contributed by atoms with Crippen LogP contribution < -0.4 is 5.73 Å². The van der Waals surface area contributed by atoms with Crippen molar-refractivity contribution in [3.05, 3.63) is 15.6 Å². The molecule has 1 aromatic rings. The van der Waals surface area contributed by atoms with Gasteiger partial charge in [0.05, 0.1) is 5.69 Å². The highest BCUT2D eigenvalue weighted by Gasteiger charge is 2.27. The van der Waals surface area contributed by atoms with Crippen LogP contribution in [0, 0.1) is 19.8 Å². The van der Waals surface area contributed by atoms with Crippen LogP contribution in [0.1, 0.15) is 33.2 Å². The third-order valence-electron chi connectivity index (χ3n) is 3.40. The number of nitrogens with zero attached hydrogens (tertiary/aromatic N) is 2. The number of aryl methyl sites for hydroxylation is 2. The van der Waals surface area contributed by atoms with Gasteiger partial charge in [-0.2, -0.15) is 0 Å². The number of carbonyl (C=O) groups is 2. The van der Waals surface area contributed by atoms with Crippen LogP contribution in [0.15, 0.2) is 0 Å². The van der Waals surface area contributed by atoms with Crippen LogP contribution in [0.2, 0.25) is 0 Å². The lowest BCUT2D eigenvalue weighted by Gasteiger charge is -2.29. The number of nitrogens with two attached hydrogens (primary N) is 1. The normalized spacial score (nSPS) is 16.9. The van der Waals surface area contributed by atoms with Crippen LogP contribution in [-0.4, -0.2) is 34.8 Å². The Morgan fingerprint density at radius 1 is 1.33 bits per heavy atom. The van der Waals surface area contributed by atoms with E-state index in [4.69, 9.17) is 5.73 Å². The van der Waals surface area contributed by atoms with Gasteiger partial charge in [0.25, 0.3) is 5.91 Å². The molecule has 1 aliphatic rings. The molecule has 2 rings (SSSR count). The van der Waals surface area contributed by atoms with E-state index in [1.807, 2.05) is 13.8 Å². The number of hydrogen-bond donors (Lipinski definition) is 1. The second-order valence-electron chi connectivity index (χ2n) is 4.63. The number of hydrogen-bond acceptors (Lipinski definition) is 4. The number of piperidine rings is 1. The first kappa shape index (κ1) is 13.0. The molecule has 1 aromatic heterocycles. The average Bonchev–Trinajstić information content (AvgIpc) is 2.69. The molecule has 2 N–H and O–H groups in total. The molecular weight excluding hydrogens is 250 g/mol. The number of thiazole rings is 1. The predicted octanol–water partition coefficient (Wildman–Crippen LogP) is 1.10. The maximum atomic E-state index is 12.2. The Morgan fingerprint density at radius 3 is 2.39 bits per heavy atom. The third-order valence-corrected chi connectivity index (χ3v) is 4.46. The van der Waals surface area contributed by atoms with E-state index in [2.05, 4.69) is 4.98 Å². The molecule has 1 saturated heterocycles. The van der Waals surface area contributed by atoms with Crippen molar-refractivity contribution in [1.29, 1.82) is 0 Å². The molecular formula is C12H17N3O2S. The van der Waals surface area contributed by atoms with Gasteiger partial charge in [0.1, 0.15) is 0 Å². The Labute approximate surface area is 110 Å². The number of rotatable bonds is 2. The summed E-state index contributed by atoms with van der Waals surface area (Å²) in [6, 6.07) is 0. The molecule has 0 aliphatic carbocycles. The lowest BCUT2D eigenvalue weighted by molar-refractivity contribution is -0.123. The average molecular weight is 267 g/mol. The molecule has 0 bridgehead atoms. The Bertz CT molecular complexity index is 456. The number of likely N-dealkylation sites (tertiary alicyclic amines) is 1. The maximum absolute atomic E-state index is 12.2. The fourth-order valence-corrected chi connectivity index (χ4v) is 2.95. The molecule has 0 radical (unpaired) electrons. The van der Waals surface area contributed by atoms with Crippen molar-refractivity contribution in [2.45, 2.75) is 26.7 Å². The maximum Gasteiger partial charge on any atom is 0.282 e. The first-order chi connectivity index (χ1) is 8.49. The minimum absolute atomic E-state index is 0.0286.